The van der Waals surface area contributed by atoms with Crippen LogP contribution in [0.3, 0.4) is 0 Å². The zero-order valence-electron chi connectivity index (χ0n) is 18.8. The second kappa shape index (κ2) is 8.74. The largest absolute Gasteiger partial charge is 0.490 e. The highest BCUT2D eigenvalue weighted by Gasteiger charge is 2.49. The standard InChI is InChI=1S/C25H26N4O5/c1-25(17-7-8-20-21(13-17)34-12-4-11-33-20)23(31)29(24(32)28-25)15-22(30)26-10-9-16-14-27-19-6-3-2-5-18(16)19/h2-3,5-8,13-14,27H,4,9-12,15H2,1H3,(H,26,30)(H,28,32). The summed E-state index contributed by atoms with van der Waals surface area (Å²) in [5.41, 5.74) is 1.40. The van der Waals surface area contributed by atoms with Gasteiger partial charge in [0.2, 0.25) is 5.91 Å². The molecular weight excluding hydrogens is 436 g/mol. The molecule has 0 bridgehead atoms. The number of fused-ring (bicyclic) bond motifs is 2. The molecule has 9 heteroatoms. The number of ether oxygens (including phenoxy) is 2. The molecule has 2 aromatic carbocycles. The van der Waals surface area contributed by atoms with Crippen molar-refractivity contribution in [2.24, 2.45) is 0 Å². The van der Waals surface area contributed by atoms with Crippen LogP contribution in [0.25, 0.3) is 10.9 Å². The summed E-state index contributed by atoms with van der Waals surface area (Å²) in [6.07, 6.45) is 3.32. The summed E-state index contributed by atoms with van der Waals surface area (Å²) in [6, 6.07) is 12.5. The molecule has 2 aliphatic rings. The Morgan fingerprint density at radius 1 is 1.12 bits per heavy atom. The number of nitrogens with one attached hydrogen (secondary N) is 3. The van der Waals surface area contributed by atoms with Crippen molar-refractivity contribution in [2.75, 3.05) is 26.3 Å². The first-order valence-electron chi connectivity index (χ1n) is 11.3. The number of nitrogens with zero attached hydrogens (tertiary/aromatic N) is 1. The number of urea groups is 1. The number of hydrogen-bond donors (Lipinski definition) is 3. The molecule has 1 unspecified atom stereocenters. The Hall–Kier alpha value is -4.01. The number of carbonyl (C=O) groups is 3. The molecule has 0 spiro atoms. The molecule has 4 amide bonds. The molecule has 0 aliphatic carbocycles. The van der Waals surface area contributed by atoms with Crippen molar-refractivity contribution < 1.29 is 23.9 Å². The lowest BCUT2D eigenvalue weighted by Crippen LogP contribution is -2.43. The summed E-state index contributed by atoms with van der Waals surface area (Å²) in [7, 11) is 0. The van der Waals surface area contributed by atoms with Gasteiger partial charge in [-0.15, -0.1) is 0 Å². The molecule has 9 nitrogen and oxygen atoms in total. The Morgan fingerprint density at radius 3 is 2.76 bits per heavy atom. The first-order chi connectivity index (χ1) is 16.5. The van der Waals surface area contributed by atoms with Crippen molar-refractivity contribution >= 4 is 28.7 Å². The van der Waals surface area contributed by atoms with E-state index in [1.165, 1.54) is 0 Å². The smallest absolute Gasteiger partial charge is 0.325 e. The van der Waals surface area contributed by atoms with E-state index in [-0.39, 0.29) is 6.54 Å². The van der Waals surface area contributed by atoms with Gasteiger partial charge in [0.25, 0.3) is 5.91 Å². The number of aromatic amines is 1. The average Bonchev–Trinajstić information content (AvgIpc) is 3.21. The first kappa shape index (κ1) is 21.8. The number of imide groups is 1. The van der Waals surface area contributed by atoms with E-state index < -0.39 is 23.4 Å². The summed E-state index contributed by atoms with van der Waals surface area (Å²) < 4.78 is 11.4. The number of carbonyl (C=O) groups excluding carboxylic acids is 3. The van der Waals surface area contributed by atoms with Crippen LogP contribution in [-0.4, -0.2) is 54.0 Å². The zero-order valence-corrected chi connectivity index (χ0v) is 18.8. The Morgan fingerprint density at radius 2 is 1.91 bits per heavy atom. The Balaban J connectivity index is 1.22. The van der Waals surface area contributed by atoms with Crippen LogP contribution in [-0.2, 0) is 21.5 Å². The van der Waals surface area contributed by atoms with Gasteiger partial charge in [0, 0.05) is 30.1 Å². The topological polar surface area (TPSA) is 113 Å². The van der Waals surface area contributed by atoms with Crippen molar-refractivity contribution in [1.82, 2.24) is 20.5 Å². The maximum atomic E-state index is 13.2. The van der Waals surface area contributed by atoms with Crippen LogP contribution in [0.5, 0.6) is 11.5 Å². The van der Waals surface area contributed by atoms with E-state index in [9.17, 15) is 14.4 Å². The Kier molecular flexibility index (Phi) is 5.61. The van der Waals surface area contributed by atoms with Crippen molar-refractivity contribution in [3.63, 3.8) is 0 Å². The fourth-order valence-electron chi connectivity index (χ4n) is 4.39. The monoisotopic (exact) mass is 462 g/mol. The Bertz CT molecular complexity index is 1270. The second-order valence-electron chi connectivity index (χ2n) is 8.62. The number of benzene rings is 2. The molecule has 1 fully saturated rings. The van der Waals surface area contributed by atoms with Crippen LogP contribution in [0.15, 0.2) is 48.7 Å². The minimum absolute atomic E-state index is 0.349. The first-order valence-corrected chi connectivity index (χ1v) is 11.3. The molecule has 5 rings (SSSR count). The van der Waals surface area contributed by atoms with Gasteiger partial charge in [-0.3, -0.25) is 14.5 Å². The third-order valence-electron chi connectivity index (χ3n) is 6.29. The highest BCUT2D eigenvalue weighted by Crippen LogP contribution is 2.36. The van der Waals surface area contributed by atoms with Crippen molar-refractivity contribution in [3.8, 4) is 11.5 Å². The fourth-order valence-corrected chi connectivity index (χ4v) is 4.39. The van der Waals surface area contributed by atoms with E-state index in [0.29, 0.717) is 43.2 Å². The van der Waals surface area contributed by atoms with E-state index in [0.717, 1.165) is 27.8 Å². The number of amides is 4. The van der Waals surface area contributed by atoms with Gasteiger partial charge in [-0.2, -0.15) is 0 Å². The molecular formula is C25H26N4O5. The predicted molar refractivity (Wildman–Crippen MR) is 125 cm³/mol. The summed E-state index contributed by atoms with van der Waals surface area (Å²) in [6.45, 7) is 2.74. The van der Waals surface area contributed by atoms with E-state index in [2.05, 4.69) is 15.6 Å². The van der Waals surface area contributed by atoms with Crippen molar-refractivity contribution in [3.05, 3.63) is 59.8 Å². The van der Waals surface area contributed by atoms with Gasteiger partial charge in [-0.05, 0) is 42.7 Å². The van der Waals surface area contributed by atoms with Crippen LogP contribution < -0.4 is 20.1 Å². The number of hydrogen-bond acceptors (Lipinski definition) is 5. The normalized spacial score (nSPS) is 19.7. The molecule has 3 N–H and O–H groups in total. The summed E-state index contributed by atoms with van der Waals surface area (Å²) in [5.74, 6) is 0.254. The molecule has 1 aromatic heterocycles. The molecule has 1 atom stereocenters. The fraction of sp³-hybridized carbons (Fsp3) is 0.320. The lowest BCUT2D eigenvalue weighted by molar-refractivity contribution is -0.134. The molecule has 176 valence electrons. The third kappa shape index (κ3) is 3.93. The van der Waals surface area contributed by atoms with Gasteiger partial charge in [0.1, 0.15) is 12.1 Å². The Labute approximate surface area is 196 Å². The number of rotatable bonds is 6. The maximum Gasteiger partial charge on any atom is 0.325 e. The SMILES string of the molecule is CC1(c2ccc3c(c2)OCCCO3)NC(=O)N(CC(=O)NCCc2c[nH]c3ccccc23)C1=O. The van der Waals surface area contributed by atoms with Crippen LogP contribution in [0.2, 0.25) is 0 Å². The molecule has 1 saturated heterocycles. The van der Waals surface area contributed by atoms with E-state index >= 15 is 0 Å². The number of aromatic nitrogens is 1. The number of para-hydroxylation sites is 1. The summed E-state index contributed by atoms with van der Waals surface area (Å²) in [5, 5.41) is 6.64. The van der Waals surface area contributed by atoms with Gasteiger partial charge in [0.15, 0.2) is 11.5 Å². The molecule has 0 saturated carbocycles. The van der Waals surface area contributed by atoms with Gasteiger partial charge >= 0.3 is 6.03 Å². The van der Waals surface area contributed by atoms with Crippen molar-refractivity contribution in [2.45, 2.75) is 25.3 Å². The second-order valence-corrected chi connectivity index (χ2v) is 8.62. The van der Waals surface area contributed by atoms with Gasteiger partial charge < -0.3 is 25.1 Å². The van der Waals surface area contributed by atoms with Gasteiger partial charge in [-0.25, -0.2) is 4.79 Å². The quantitative estimate of drug-likeness (QED) is 0.487. The van der Waals surface area contributed by atoms with E-state index in [1.807, 2.05) is 30.5 Å². The molecule has 2 aliphatic heterocycles. The maximum absolute atomic E-state index is 13.2. The summed E-state index contributed by atoms with van der Waals surface area (Å²) in [4.78, 5) is 42.5. The van der Waals surface area contributed by atoms with Gasteiger partial charge in [-0.1, -0.05) is 24.3 Å². The van der Waals surface area contributed by atoms with E-state index in [4.69, 9.17) is 9.47 Å². The minimum Gasteiger partial charge on any atom is -0.490 e. The lowest BCUT2D eigenvalue weighted by atomic mass is 9.91. The number of H-pyrrole nitrogens is 1. The average molecular weight is 463 g/mol. The van der Waals surface area contributed by atoms with E-state index in [1.54, 1.807) is 25.1 Å². The lowest BCUT2D eigenvalue weighted by Gasteiger charge is -2.23. The molecule has 0 radical (unpaired) electrons. The minimum atomic E-state index is -1.30. The van der Waals surface area contributed by atoms with Crippen LogP contribution >= 0.6 is 0 Å². The highest BCUT2D eigenvalue weighted by molar-refractivity contribution is 6.09. The molecule has 3 heterocycles. The zero-order chi connectivity index (χ0) is 23.7. The summed E-state index contributed by atoms with van der Waals surface area (Å²) >= 11 is 0. The molecule has 34 heavy (non-hydrogen) atoms. The van der Waals surface area contributed by atoms with Gasteiger partial charge in [0.05, 0.1) is 13.2 Å². The van der Waals surface area contributed by atoms with Crippen LogP contribution in [0.4, 0.5) is 4.79 Å². The molecule has 3 aromatic rings. The predicted octanol–water partition coefficient (Wildman–Crippen LogP) is 2.46. The third-order valence-corrected chi connectivity index (χ3v) is 6.29. The van der Waals surface area contributed by atoms with Crippen molar-refractivity contribution in [1.29, 1.82) is 0 Å². The van der Waals surface area contributed by atoms with Crippen LogP contribution in [0, 0.1) is 0 Å². The highest BCUT2D eigenvalue weighted by atomic mass is 16.5. The van der Waals surface area contributed by atoms with Crippen LogP contribution in [0.1, 0.15) is 24.5 Å².